The van der Waals surface area contributed by atoms with Gasteiger partial charge in [0, 0.05) is 29.2 Å². The molecule has 1 aliphatic rings. The largest absolute Gasteiger partial charge is 0.481 e. The van der Waals surface area contributed by atoms with Gasteiger partial charge in [-0.25, -0.2) is 0 Å². The number of hydrogen-bond acceptors (Lipinski definition) is 3. The van der Waals surface area contributed by atoms with E-state index in [1.807, 2.05) is 43.6 Å². The van der Waals surface area contributed by atoms with Gasteiger partial charge in [-0.15, -0.1) is 0 Å². The summed E-state index contributed by atoms with van der Waals surface area (Å²) in [5, 5.41) is 14.1. The van der Waals surface area contributed by atoms with Crippen LogP contribution in [0, 0.1) is 18.8 Å². The van der Waals surface area contributed by atoms with Gasteiger partial charge in [0.15, 0.2) is 0 Å². The summed E-state index contributed by atoms with van der Waals surface area (Å²) in [5.41, 5.74) is 3.23. The second-order valence-electron chi connectivity index (χ2n) is 12.6. The molecule has 10 heteroatoms. The monoisotopic (exact) mass is 591 g/mol. The molecule has 1 aromatic carbocycles. The molecule has 1 unspecified atom stereocenters. The number of benzene rings is 1. The number of halogens is 3. The fraction of sp³-hybridized carbons (Fsp3) is 0.594. The Morgan fingerprint density at radius 1 is 1.07 bits per heavy atom. The third-order valence-corrected chi connectivity index (χ3v) is 8.25. The van der Waals surface area contributed by atoms with E-state index in [1.165, 1.54) is 0 Å². The molecule has 3 rings (SSSR count). The Hall–Kier alpha value is -3.30. The van der Waals surface area contributed by atoms with Crippen molar-refractivity contribution in [3.8, 4) is 5.69 Å². The van der Waals surface area contributed by atoms with Crippen LogP contribution in [0.2, 0.25) is 0 Å². The highest BCUT2D eigenvalue weighted by molar-refractivity contribution is 5.97. The lowest BCUT2D eigenvalue weighted by Gasteiger charge is -2.32. The molecule has 0 spiro atoms. The maximum absolute atomic E-state index is 13.4. The number of rotatable bonds is 12. The minimum Gasteiger partial charge on any atom is -0.481 e. The first-order chi connectivity index (χ1) is 19.5. The van der Waals surface area contributed by atoms with Crippen molar-refractivity contribution in [2.75, 3.05) is 6.54 Å². The predicted octanol–water partition coefficient (Wildman–Crippen LogP) is 6.73. The molecule has 232 valence electrons. The van der Waals surface area contributed by atoms with Crippen molar-refractivity contribution < 1.29 is 32.7 Å². The van der Waals surface area contributed by atoms with E-state index in [0.29, 0.717) is 36.4 Å². The van der Waals surface area contributed by atoms with Crippen molar-refractivity contribution in [2.24, 2.45) is 11.8 Å². The van der Waals surface area contributed by atoms with Crippen molar-refractivity contribution in [1.82, 2.24) is 15.2 Å². The lowest BCUT2D eigenvalue weighted by Crippen LogP contribution is -2.46. The molecule has 1 saturated carbocycles. The molecule has 1 heterocycles. The highest BCUT2D eigenvalue weighted by Crippen LogP contribution is 2.32. The molecule has 7 nitrogen and oxygen atoms in total. The highest BCUT2D eigenvalue weighted by atomic mass is 19.4. The van der Waals surface area contributed by atoms with Crippen LogP contribution >= 0.6 is 0 Å². The van der Waals surface area contributed by atoms with Gasteiger partial charge in [-0.3, -0.25) is 14.4 Å². The Kier molecular flexibility index (Phi) is 10.5. The van der Waals surface area contributed by atoms with Crippen LogP contribution in [0.4, 0.5) is 13.2 Å². The van der Waals surface area contributed by atoms with Crippen molar-refractivity contribution in [2.45, 2.75) is 104 Å². The number of carbonyl (C=O) groups is 3. The normalized spacial score (nSPS) is 17.8. The number of hydrogen-bond donors (Lipinski definition) is 3. The van der Waals surface area contributed by atoms with Gasteiger partial charge in [0.1, 0.15) is 6.54 Å². The number of carbonyl (C=O) groups excluding carboxylic acids is 2. The number of aromatic nitrogens is 1. The Balaban J connectivity index is 2.08. The molecule has 3 N–H and O–H groups in total. The quantitative estimate of drug-likeness (QED) is 0.255. The molecule has 42 heavy (non-hydrogen) atoms. The van der Waals surface area contributed by atoms with Crippen molar-refractivity contribution in [1.29, 1.82) is 0 Å². The van der Waals surface area contributed by atoms with E-state index in [1.54, 1.807) is 18.3 Å². The summed E-state index contributed by atoms with van der Waals surface area (Å²) >= 11 is 0. The Labute approximate surface area is 246 Å². The van der Waals surface area contributed by atoms with E-state index >= 15 is 0 Å². The summed E-state index contributed by atoms with van der Waals surface area (Å²) in [7, 11) is 0. The standard InChI is InChI=1S/C32H44F3N3O4/c1-7-9-10-20(8-2)11-27-19(3)26(29(40)37-24-13-22(14-24)30(41)42)17-38(27)25-15-21(12-23(16-25)31(4,5)6)28(39)36-18-32(33,34)35/h12,15-17,20,22,24H,7-11,13-14,18H2,1-6H3,(H,36,39)(H,37,40)(H,41,42)/t20?,22-,24-. The number of unbranched alkanes of at least 4 members (excludes halogenated alkanes) is 1. The van der Waals surface area contributed by atoms with Gasteiger partial charge in [-0.2, -0.15) is 13.2 Å². The minimum absolute atomic E-state index is 0.109. The van der Waals surface area contributed by atoms with Crippen LogP contribution in [0.15, 0.2) is 24.4 Å². The van der Waals surface area contributed by atoms with Gasteiger partial charge >= 0.3 is 12.1 Å². The molecule has 1 aliphatic carbocycles. The van der Waals surface area contributed by atoms with E-state index in [2.05, 4.69) is 19.2 Å². The fourth-order valence-electron chi connectivity index (χ4n) is 5.36. The summed E-state index contributed by atoms with van der Waals surface area (Å²) in [6.45, 7) is 10.6. The predicted molar refractivity (Wildman–Crippen MR) is 156 cm³/mol. The van der Waals surface area contributed by atoms with Crippen LogP contribution < -0.4 is 10.6 Å². The zero-order valence-electron chi connectivity index (χ0n) is 25.5. The first-order valence-corrected chi connectivity index (χ1v) is 14.8. The Morgan fingerprint density at radius 3 is 2.29 bits per heavy atom. The number of amides is 2. The molecular weight excluding hydrogens is 547 g/mol. The zero-order valence-corrected chi connectivity index (χ0v) is 25.5. The average Bonchev–Trinajstić information content (AvgIpc) is 3.21. The van der Waals surface area contributed by atoms with Crippen LogP contribution in [0.1, 0.15) is 111 Å². The maximum atomic E-state index is 13.4. The van der Waals surface area contributed by atoms with E-state index < -0.39 is 35.9 Å². The van der Waals surface area contributed by atoms with E-state index in [-0.39, 0.29) is 17.5 Å². The summed E-state index contributed by atoms with van der Waals surface area (Å²) < 4.78 is 40.5. The molecule has 1 aromatic heterocycles. The van der Waals surface area contributed by atoms with E-state index in [9.17, 15) is 32.7 Å². The Bertz CT molecular complexity index is 1290. The SMILES string of the molecule is CCCCC(CC)Cc1c(C)c(C(=O)N[C@H]2C[C@H](C(=O)O)C2)cn1-c1cc(C(=O)NCC(F)(F)F)cc(C(C)(C)C)c1. The molecule has 2 amide bonds. The van der Waals surface area contributed by atoms with Gasteiger partial charge in [0.05, 0.1) is 11.5 Å². The van der Waals surface area contributed by atoms with E-state index in [0.717, 1.165) is 42.5 Å². The first kappa shape index (κ1) is 33.2. The third kappa shape index (κ3) is 8.38. The van der Waals surface area contributed by atoms with Crippen LogP contribution in [0.25, 0.3) is 5.69 Å². The van der Waals surface area contributed by atoms with Crippen LogP contribution in [-0.2, 0) is 16.6 Å². The van der Waals surface area contributed by atoms with Gasteiger partial charge in [0.25, 0.3) is 11.8 Å². The molecule has 1 fully saturated rings. The van der Waals surface area contributed by atoms with Crippen LogP contribution in [0.5, 0.6) is 0 Å². The molecule has 0 aliphatic heterocycles. The zero-order chi connectivity index (χ0) is 31.4. The number of alkyl halides is 3. The second kappa shape index (κ2) is 13.3. The second-order valence-corrected chi connectivity index (χ2v) is 12.6. The van der Waals surface area contributed by atoms with Gasteiger partial charge in [-0.05, 0) is 66.8 Å². The maximum Gasteiger partial charge on any atom is 0.405 e. The molecule has 0 saturated heterocycles. The van der Waals surface area contributed by atoms with Gasteiger partial charge in [0.2, 0.25) is 0 Å². The lowest BCUT2D eigenvalue weighted by molar-refractivity contribution is -0.145. The van der Waals surface area contributed by atoms with E-state index in [4.69, 9.17) is 0 Å². The summed E-state index contributed by atoms with van der Waals surface area (Å²) in [5.74, 6) is -2.08. The third-order valence-electron chi connectivity index (χ3n) is 8.25. The number of carboxylic acids is 1. The average molecular weight is 592 g/mol. The number of aliphatic carboxylic acids is 1. The molecule has 0 radical (unpaired) electrons. The molecule has 2 aromatic rings. The van der Waals surface area contributed by atoms with Crippen molar-refractivity contribution in [3.63, 3.8) is 0 Å². The topological polar surface area (TPSA) is 100 Å². The molecule has 0 bridgehead atoms. The van der Waals surface area contributed by atoms with Crippen LogP contribution in [-0.4, -0.2) is 46.2 Å². The van der Waals surface area contributed by atoms with Gasteiger partial charge in [-0.1, -0.05) is 60.3 Å². The summed E-state index contributed by atoms with van der Waals surface area (Å²) in [4.78, 5) is 37.5. The summed E-state index contributed by atoms with van der Waals surface area (Å²) in [6, 6.07) is 4.89. The van der Waals surface area contributed by atoms with Gasteiger partial charge < -0.3 is 20.3 Å². The summed E-state index contributed by atoms with van der Waals surface area (Å²) in [6.07, 6.45) is 2.75. The molecule has 1 atom stereocenters. The van der Waals surface area contributed by atoms with Crippen molar-refractivity contribution >= 4 is 17.8 Å². The van der Waals surface area contributed by atoms with Crippen LogP contribution in [0.3, 0.4) is 0 Å². The number of carboxylic acid groups (broad SMARTS) is 1. The highest BCUT2D eigenvalue weighted by Gasteiger charge is 2.36. The lowest BCUT2D eigenvalue weighted by atomic mass is 9.80. The minimum atomic E-state index is -4.54. The smallest absolute Gasteiger partial charge is 0.405 e. The number of nitrogens with zero attached hydrogens (tertiary/aromatic N) is 1. The Morgan fingerprint density at radius 2 is 1.74 bits per heavy atom. The van der Waals surface area contributed by atoms with Crippen molar-refractivity contribution in [3.05, 3.63) is 52.3 Å². The fourth-order valence-corrected chi connectivity index (χ4v) is 5.36. The first-order valence-electron chi connectivity index (χ1n) is 14.8. The molecular formula is C32H44F3N3O4. The number of nitrogens with one attached hydrogen (secondary N) is 2.